The van der Waals surface area contributed by atoms with Crippen LogP contribution in [0.2, 0.25) is 0 Å². The van der Waals surface area contributed by atoms with Gasteiger partial charge in [-0.2, -0.15) is 0 Å². The summed E-state index contributed by atoms with van der Waals surface area (Å²) in [5.74, 6) is -0.815. The molecule has 6 nitrogen and oxygen atoms in total. The Labute approximate surface area is 98.6 Å². The van der Waals surface area contributed by atoms with Crippen molar-refractivity contribution in [1.82, 2.24) is 0 Å². The van der Waals surface area contributed by atoms with Crippen molar-refractivity contribution in [2.75, 3.05) is 6.66 Å². The minimum Gasteiger partial charge on any atom is -0.480 e. The number of benzene rings is 1. The number of nitrogens with two attached hydrogens (primary N) is 1. The van der Waals surface area contributed by atoms with E-state index in [1.165, 1.54) is 12.1 Å². The van der Waals surface area contributed by atoms with Crippen molar-refractivity contribution in [3.05, 3.63) is 29.8 Å². The third kappa shape index (κ3) is 4.99. The first-order valence-corrected chi connectivity index (χ1v) is 6.87. The van der Waals surface area contributed by atoms with Crippen LogP contribution < -0.4 is 10.3 Å². The van der Waals surface area contributed by atoms with Crippen LogP contribution in [0.5, 0.6) is 5.75 Å². The van der Waals surface area contributed by atoms with E-state index in [1.807, 2.05) is 0 Å². The fourth-order valence-electron chi connectivity index (χ4n) is 1.22. The van der Waals surface area contributed by atoms with Gasteiger partial charge in [0.05, 0.1) is 0 Å². The molecule has 0 aromatic heterocycles. The summed E-state index contributed by atoms with van der Waals surface area (Å²) in [7, 11) is -3.56. The quantitative estimate of drug-likeness (QED) is 0.676. The Kier molecular flexibility index (Phi) is 4.28. The maximum atomic E-state index is 11.0. The van der Waals surface area contributed by atoms with Crippen LogP contribution >= 0.6 is 7.60 Å². The molecule has 0 amide bonds. The van der Waals surface area contributed by atoms with E-state index in [0.717, 1.165) is 12.2 Å². The Morgan fingerprint density at radius 1 is 1.47 bits per heavy atom. The zero-order valence-electron chi connectivity index (χ0n) is 9.24. The molecule has 0 radical (unpaired) electrons. The van der Waals surface area contributed by atoms with Gasteiger partial charge in [0.15, 0.2) is 0 Å². The molecular formula is C10H14NO5P. The molecule has 17 heavy (non-hydrogen) atoms. The lowest BCUT2D eigenvalue weighted by molar-refractivity contribution is -0.138. The van der Waals surface area contributed by atoms with E-state index >= 15 is 0 Å². The fourth-order valence-corrected chi connectivity index (χ4v) is 1.74. The SMILES string of the molecule is CP(=O)(O)Oc1ccc(C[C@H](N)C(=O)O)cc1. The molecule has 1 aromatic carbocycles. The van der Waals surface area contributed by atoms with Crippen molar-refractivity contribution >= 4 is 13.6 Å². The average molecular weight is 259 g/mol. The molecule has 0 heterocycles. The molecule has 0 spiro atoms. The highest BCUT2D eigenvalue weighted by molar-refractivity contribution is 7.52. The van der Waals surface area contributed by atoms with Crippen molar-refractivity contribution < 1.29 is 23.9 Å². The molecule has 2 atom stereocenters. The largest absolute Gasteiger partial charge is 0.480 e. The standard InChI is InChI=1S/C10H14NO5P/c1-17(14,15)16-8-4-2-7(3-5-8)6-9(11)10(12)13/h2-5,9H,6,11H2,1H3,(H,12,13)(H,14,15)/t9-/m0/s1. The van der Waals surface area contributed by atoms with Gasteiger partial charge in [-0.05, 0) is 24.1 Å². The van der Waals surface area contributed by atoms with Crippen LogP contribution in [0.4, 0.5) is 0 Å². The van der Waals surface area contributed by atoms with Crippen molar-refractivity contribution in [2.45, 2.75) is 12.5 Å². The number of carboxylic acids is 1. The van der Waals surface area contributed by atoms with Crippen LogP contribution in [0.1, 0.15) is 5.56 Å². The minimum absolute atomic E-state index is 0.193. The molecule has 1 unspecified atom stereocenters. The molecule has 7 heteroatoms. The van der Waals surface area contributed by atoms with Crippen LogP contribution in [0.25, 0.3) is 0 Å². The van der Waals surface area contributed by atoms with Crippen LogP contribution in [0.3, 0.4) is 0 Å². The summed E-state index contributed by atoms with van der Waals surface area (Å²) in [5.41, 5.74) is 6.09. The first kappa shape index (κ1) is 13.7. The number of rotatable bonds is 5. The maximum absolute atomic E-state index is 11.0. The second-order valence-corrected chi connectivity index (χ2v) is 5.48. The fraction of sp³-hybridized carbons (Fsp3) is 0.300. The van der Waals surface area contributed by atoms with Gasteiger partial charge in [-0.15, -0.1) is 0 Å². The van der Waals surface area contributed by atoms with E-state index in [0.29, 0.717) is 0 Å². The molecule has 1 aromatic rings. The Morgan fingerprint density at radius 2 is 2.00 bits per heavy atom. The molecule has 0 aliphatic carbocycles. The summed E-state index contributed by atoms with van der Waals surface area (Å²) in [6.45, 7) is 1.08. The van der Waals surface area contributed by atoms with Gasteiger partial charge < -0.3 is 20.3 Å². The van der Waals surface area contributed by atoms with Crippen LogP contribution in [0.15, 0.2) is 24.3 Å². The number of aliphatic carboxylic acids is 1. The zero-order chi connectivity index (χ0) is 13.1. The van der Waals surface area contributed by atoms with E-state index in [-0.39, 0.29) is 12.2 Å². The molecule has 0 saturated heterocycles. The first-order valence-electron chi connectivity index (χ1n) is 4.85. The Bertz CT molecular complexity index is 439. The minimum atomic E-state index is -3.56. The average Bonchev–Trinajstić information content (AvgIpc) is 2.18. The van der Waals surface area contributed by atoms with Gasteiger partial charge >= 0.3 is 13.6 Å². The predicted molar refractivity (Wildman–Crippen MR) is 62.1 cm³/mol. The maximum Gasteiger partial charge on any atom is 0.373 e. The summed E-state index contributed by atoms with van der Waals surface area (Å²) in [6, 6.07) is 5.24. The summed E-state index contributed by atoms with van der Waals surface area (Å²) < 4.78 is 15.7. The van der Waals surface area contributed by atoms with Gasteiger partial charge in [0.1, 0.15) is 11.8 Å². The normalized spacial score (nSPS) is 15.9. The lowest BCUT2D eigenvalue weighted by Gasteiger charge is -2.10. The van der Waals surface area contributed by atoms with E-state index in [1.54, 1.807) is 12.1 Å². The van der Waals surface area contributed by atoms with Crippen LogP contribution in [-0.2, 0) is 15.8 Å². The highest BCUT2D eigenvalue weighted by Crippen LogP contribution is 2.37. The lowest BCUT2D eigenvalue weighted by Crippen LogP contribution is -2.32. The van der Waals surface area contributed by atoms with Gasteiger partial charge in [-0.3, -0.25) is 4.79 Å². The van der Waals surface area contributed by atoms with Crippen molar-refractivity contribution in [1.29, 1.82) is 0 Å². The van der Waals surface area contributed by atoms with Crippen LogP contribution in [0, 0.1) is 0 Å². The summed E-state index contributed by atoms with van der Waals surface area (Å²) in [6.07, 6.45) is 0.193. The Morgan fingerprint density at radius 3 is 2.41 bits per heavy atom. The molecule has 1 rings (SSSR count). The molecule has 0 aliphatic rings. The van der Waals surface area contributed by atoms with Crippen molar-refractivity contribution in [3.8, 4) is 5.75 Å². The van der Waals surface area contributed by atoms with Gasteiger partial charge in [0.25, 0.3) is 0 Å². The highest BCUT2D eigenvalue weighted by atomic mass is 31.2. The predicted octanol–water partition coefficient (Wildman–Crippen LogP) is 0.835. The van der Waals surface area contributed by atoms with Gasteiger partial charge in [0, 0.05) is 6.66 Å². The van der Waals surface area contributed by atoms with Gasteiger partial charge in [0.2, 0.25) is 0 Å². The second kappa shape index (κ2) is 5.31. The smallest absolute Gasteiger partial charge is 0.373 e. The monoisotopic (exact) mass is 259 g/mol. The Balaban J connectivity index is 2.68. The summed E-state index contributed by atoms with van der Waals surface area (Å²) in [4.78, 5) is 19.5. The molecule has 0 aliphatic heterocycles. The molecule has 0 saturated carbocycles. The number of carbonyl (C=O) groups is 1. The molecular weight excluding hydrogens is 245 g/mol. The van der Waals surface area contributed by atoms with E-state index in [2.05, 4.69) is 0 Å². The molecule has 0 bridgehead atoms. The molecule has 94 valence electrons. The van der Waals surface area contributed by atoms with Crippen molar-refractivity contribution in [2.24, 2.45) is 5.73 Å². The number of hydrogen-bond acceptors (Lipinski definition) is 4. The summed E-state index contributed by atoms with van der Waals surface area (Å²) >= 11 is 0. The number of hydrogen-bond donors (Lipinski definition) is 3. The zero-order valence-corrected chi connectivity index (χ0v) is 10.1. The topological polar surface area (TPSA) is 110 Å². The first-order chi connectivity index (χ1) is 7.78. The van der Waals surface area contributed by atoms with Gasteiger partial charge in [-0.25, -0.2) is 4.57 Å². The number of carboxylic acid groups (broad SMARTS) is 1. The molecule has 4 N–H and O–H groups in total. The highest BCUT2D eigenvalue weighted by Gasteiger charge is 2.14. The lowest BCUT2D eigenvalue weighted by atomic mass is 10.1. The third-order valence-electron chi connectivity index (χ3n) is 1.97. The van der Waals surface area contributed by atoms with Gasteiger partial charge in [-0.1, -0.05) is 12.1 Å². The Hall–Kier alpha value is -1.36. The van der Waals surface area contributed by atoms with E-state index in [4.69, 9.17) is 20.3 Å². The third-order valence-corrected chi connectivity index (χ3v) is 2.52. The summed E-state index contributed by atoms with van der Waals surface area (Å²) in [5, 5.41) is 8.63. The van der Waals surface area contributed by atoms with E-state index in [9.17, 15) is 9.36 Å². The molecule has 0 fully saturated rings. The van der Waals surface area contributed by atoms with Crippen LogP contribution in [-0.4, -0.2) is 28.7 Å². The van der Waals surface area contributed by atoms with Crippen molar-refractivity contribution in [3.63, 3.8) is 0 Å². The second-order valence-electron chi connectivity index (χ2n) is 3.69. The van der Waals surface area contributed by atoms with E-state index < -0.39 is 19.6 Å².